The Balaban J connectivity index is 2.02. The number of hydrogen-bond acceptors (Lipinski definition) is 7. The lowest BCUT2D eigenvalue weighted by molar-refractivity contribution is -0.111. The highest BCUT2D eigenvalue weighted by atomic mass is 16.6. The van der Waals surface area contributed by atoms with E-state index in [0.29, 0.717) is 18.5 Å². The van der Waals surface area contributed by atoms with Crippen molar-refractivity contribution in [3.05, 3.63) is 58.1 Å². The monoisotopic (exact) mass is 387 g/mol. The number of oxime groups is 1. The molecule has 0 aliphatic rings. The number of nitrogens with zero attached hydrogens (tertiary/aromatic N) is 3. The third kappa shape index (κ3) is 6.09. The number of nitrogens with one attached hydrogen (secondary N) is 2. The van der Waals surface area contributed by atoms with Crippen molar-refractivity contribution in [1.29, 1.82) is 0 Å². The van der Waals surface area contributed by atoms with Crippen molar-refractivity contribution in [3.8, 4) is 0 Å². The van der Waals surface area contributed by atoms with Crippen molar-refractivity contribution in [2.45, 2.75) is 19.5 Å². The Morgan fingerprint density at radius 2 is 2.07 bits per heavy atom. The highest BCUT2D eigenvalue weighted by molar-refractivity contribution is 5.74. The first-order valence-corrected chi connectivity index (χ1v) is 8.78. The molecule has 150 valence electrons. The number of rotatable bonds is 11. The lowest BCUT2D eigenvalue weighted by Gasteiger charge is -2.19. The lowest BCUT2D eigenvalue weighted by Crippen LogP contribution is -2.39. The molecule has 0 aliphatic heterocycles. The molecule has 0 aliphatic carbocycles. The Morgan fingerprint density at radius 1 is 1.32 bits per heavy atom. The summed E-state index contributed by atoms with van der Waals surface area (Å²) in [5.41, 5.74) is 11.6. The van der Waals surface area contributed by atoms with E-state index < -0.39 is 6.17 Å². The van der Waals surface area contributed by atoms with Crippen molar-refractivity contribution in [2.75, 3.05) is 25.0 Å². The Bertz CT molecular complexity index is 848. The summed E-state index contributed by atoms with van der Waals surface area (Å²) in [6, 6.07) is 9.90. The van der Waals surface area contributed by atoms with Crippen LogP contribution in [0.4, 0.5) is 5.82 Å². The van der Waals surface area contributed by atoms with Crippen molar-refractivity contribution < 1.29 is 9.63 Å². The van der Waals surface area contributed by atoms with Gasteiger partial charge in [-0.15, -0.1) is 0 Å². The van der Waals surface area contributed by atoms with E-state index in [-0.39, 0.29) is 30.5 Å². The zero-order valence-electron chi connectivity index (χ0n) is 15.7. The number of aromatic nitrogens is 2. The summed E-state index contributed by atoms with van der Waals surface area (Å²) in [6.45, 7) is 2.63. The van der Waals surface area contributed by atoms with Gasteiger partial charge >= 0.3 is 0 Å². The largest absolute Gasteiger partial charge is 0.392 e. The molecule has 2 rings (SSSR count). The molecule has 6 N–H and O–H groups in total. The lowest BCUT2D eigenvalue weighted by atomic mass is 10.1. The van der Waals surface area contributed by atoms with Crippen LogP contribution in [0.5, 0.6) is 0 Å². The van der Waals surface area contributed by atoms with E-state index in [1.807, 2.05) is 30.3 Å². The fraction of sp³-hybridized carbons (Fsp3) is 0.333. The van der Waals surface area contributed by atoms with Gasteiger partial charge in [-0.1, -0.05) is 30.3 Å². The highest BCUT2D eigenvalue weighted by Crippen LogP contribution is 2.05. The maximum atomic E-state index is 12.8. The zero-order chi connectivity index (χ0) is 20.4. The fourth-order valence-corrected chi connectivity index (χ4v) is 2.56. The van der Waals surface area contributed by atoms with Gasteiger partial charge < -0.3 is 21.6 Å². The number of aryl methyl sites for hydroxylation is 1. The number of nitrogens with two attached hydrogens (primary N) is 2. The molecule has 1 heterocycles. The Kier molecular flexibility index (Phi) is 7.97. The van der Waals surface area contributed by atoms with Crippen molar-refractivity contribution in [2.24, 2.45) is 16.6 Å². The molecular weight excluding hydrogens is 362 g/mol. The van der Waals surface area contributed by atoms with Crippen LogP contribution in [0.15, 0.2) is 46.5 Å². The van der Waals surface area contributed by atoms with E-state index in [1.54, 1.807) is 13.1 Å². The smallest absolute Gasteiger partial charge is 0.295 e. The SMILES string of the molecule is Cc1cnc(NCCc2ccccc2)c(=O)n1C(C=O)NCCON=C(N)N. The number of aldehydes is 1. The van der Waals surface area contributed by atoms with Crippen LogP contribution in [0, 0.1) is 6.92 Å². The number of carbonyl (C=O) groups is 1. The molecule has 28 heavy (non-hydrogen) atoms. The van der Waals surface area contributed by atoms with Crippen molar-refractivity contribution in [3.63, 3.8) is 0 Å². The molecule has 0 radical (unpaired) electrons. The molecule has 10 nitrogen and oxygen atoms in total. The number of hydrogen-bond donors (Lipinski definition) is 4. The summed E-state index contributed by atoms with van der Waals surface area (Å²) in [5, 5.41) is 9.34. The average molecular weight is 387 g/mol. The fourth-order valence-electron chi connectivity index (χ4n) is 2.56. The van der Waals surface area contributed by atoms with E-state index in [4.69, 9.17) is 16.3 Å². The van der Waals surface area contributed by atoms with Crippen LogP contribution < -0.4 is 27.7 Å². The first kappa shape index (κ1) is 20.9. The Labute approximate surface area is 162 Å². The van der Waals surface area contributed by atoms with Gasteiger partial charge in [0.05, 0.1) is 0 Å². The predicted molar refractivity (Wildman–Crippen MR) is 107 cm³/mol. The van der Waals surface area contributed by atoms with Crippen LogP contribution in [0.25, 0.3) is 0 Å². The van der Waals surface area contributed by atoms with E-state index in [1.165, 1.54) is 4.57 Å². The van der Waals surface area contributed by atoms with Crippen LogP contribution in [0.3, 0.4) is 0 Å². The summed E-state index contributed by atoms with van der Waals surface area (Å²) in [7, 11) is 0. The molecule has 0 bridgehead atoms. The standard InChI is InChI=1S/C18H25N7O3/c1-13-11-23-16(22-8-7-14-5-3-2-4-6-14)17(27)25(13)15(12-26)21-9-10-28-24-18(19)20/h2-6,11-12,15,21H,7-10H2,1H3,(H,22,23)(H4,19,20,24). The van der Waals surface area contributed by atoms with Crippen LogP contribution in [0.2, 0.25) is 0 Å². The molecule has 10 heteroatoms. The second kappa shape index (κ2) is 10.7. The van der Waals surface area contributed by atoms with Gasteiger partial charge in [-0.3, -0.25) is 19.5 Å². The Hall–Kier alpha value is -3.40. The molecule has 2 aromatic rings. The van der Waals surface area contributed by atoms with Gasteiger partial charge in [-0.2, -0.15) is 0 Å². The molecule has 0 saturated carbocycles. The molecule has 0 fully saturated rings. The van der Waals surface area contributed by atoms with Gasteiger partial charge in [-0.25, -0.2) is 4.98 Å². The molecule has 1 aromatic heterocycles. The Morgan fingerprint density at radius 3 is 2.75 bits per heavy atom. The van der Waals surface area contributed by atoms with Gasteiger partial charge in [0.2, 0.25) is 5.96 Å². The molecule has 0 amide bonds. The number of carbonyl (C=O) groups excluding carboxylic acids is 1. The van der Waals surface area contributed by atoms with Crippen LogP contribution >= 0.6 is 0 Å². The van der Waals surface area contributed by atoms with Crippen molar-refractivity contribution >= 4 is 18.1 Å². The summed E-state index contributed by atoms with van der Waals surface area (Å²) in [5.74, 6) is -0.00806. The molecule has 1 atom stereocenters. The molecule has 1 unspecified atom stereocenters. The third-order valence-corrected chi connectivity index (χ3v) is 3.85. The van der Waals surface area contributed by atoms with Crippen LogP contribution in [-0.2, 0) is 16.1 Å². The maximum absolute atomic E-state index is 12.8. The zero-order valence-corrected chi connectivity index (χ0v) is 15.7. The molecule has 0 spiro atoms. The number of anilines is 1. The van der Waals surface area contributed by atoms with Crippen LogP contribution in [0.1, 0.15) is 17.4 Å². The number of benzene rings is 1. The first-order chi connectivity index (χ1) is 13.5. The first-order valence-electron chi connectivity index (χ1n) is 8.78. The van der Waals surface area contributed by atoms with E-state index >= 15 is 0 Å². The predicted octanol–water partition coefficient (Wildman–Crippen LogP) is -0.302. The molecular formula is C18H25N7O3. The minimum Gasteiger partial charge on any atom is -0.392 e. The minimum atomic E-state index is -0.868. The van der Waals surface area contributed by atoms with Gasteiger partial charge in [0.15, 0.2) is 12.1 Å². The second-order valence-corrected chi connectivity index (χ2v) is 5.97. The van der Waals surface area contributed by atoms with Gasteiger partial charge in [0.25, 0.3) is 5.56 Å². The normalized spacial score (nSPS) is 11.5. The summed E-state index contributed by atoms with van der Waals surface area (Å²) in [4.78, 5) is 33.3. The van der Waals surface area contributed by atoms with Crippen LogP contribution in [-0.4, -0.2) is 41.5 Å². The summed E-state index contributed by atoms with van der Waals surface area (Å²) < 4.78 is 1.34. The third-order valence-electron chi connectivity index (χ3n) is 3.85. The molecule has 1 aromatic carbocycles. The minimum absolute atomic E-state index is 0.128. The van der Waals surface area contributed by atoms with E-state index in [0.717, 1.165) is 12.0 Å². The van der Waals surface area contributed by atoms with Gasteiger partial charge in [0.1, 0.15) is 12.8 Å². The quantitative estimate of drug-likeness (QED) is 0.135. The van der Waals surface area contributed by atoms with E-state index in [9.17, 15) is 9.59 Å². The van der Waals surface area contributed by atoms with Gasteiger partial charge in [-0.05, 0) is 24.1 Å². The van der Waals surface area contributed by atoms with E-state index in [2.05, 4.69) is 20.8 Å². The molecule has 0 saturated heterocycles. The second-order valence-electron chi connectivity index (χ2n) is 5.97. The highest BCUT2D eigenvalue weighted by Gasteiger charge is 2.16. The van der Waals surface area contributed by atoms with Crippen molar-refractivity contribution in [1.82, 2.24) is 14.9 Å². The summed E-state index contributed by atoms with van der Waals surface area (Å²) in [6.07, 6.45) is 2.06. The maximum Gasteiger partial charge on any atom is 0.295 e. The number of guanidine groups is 1. The topological polar surface area (TPSA) is 150 Å². The summed E-state index contributed by atoms with van der Waals surface area (Å²) >= 11 is 0. The average Bonchev–Trinajstić information content (AvgIpc) is 2.68. The van der Waals surface area contributed by atoms with Gasteiger partial charge in [0, 0.05) is 25.0 Å².